The van der Waals surface area contributed by atoms with Gasteiger partial charge in [-0.25, -0.2) is 13.6 Å². The number of likely N-dealkylation sites (N-methyl/N-ethyl adjacent to an activating group) is 3. The maximum atomic E-state index is 13.6. The SMILES string of the molecule is CN(CC(=O)N(C)[C@@H](CCN1CCC(F)(F)CC1)C(=O)N(C)CC(=O)N1CCCCC1)C(=O)OCc1ccccc1. The number of hydrogen-bond donors (Lipinski definition) is 0. The molecule has 2 saturated heterocycles. The molecule has 0 unspecified atom stereocenters. The number of hydrogen-bond acceptors (Lipinski definition) is 6. The zero-order valence-corrected chi connectivity index (χ0v) is 24.4. The first-order chi connectivity index (χ1) is 19.5. The molecule has 0 N–H and O–H groups in total. The zero-order chi connectivity index (χ0) is 30.0. The number of halogens is 2. The fraction of sp³-hybridized carbons (Fsp3) is 0.655. The lowest BCUT2D eigenvalue weighted by Gasteiger charge is -2.36. The highest BCUT2D eigenvalue weighted by molar-refractivity contribution is 5.91. The summed E-state index contributed by atoms with van der Waals surface area (Å²) in [4.78, 5) is 59.5. The Kier molecular flexibility index (Phi) is 11.9. The molecular formula is C29H43F2N5O5. The van der Waals surface area contributed by atoms with Gasteiger partial charge in [-0.05, 0) is 31.2 Å². The monoisotopic (exact) mass is 579 g/mol. The molecule has 41 heavy (non-hydrogen) atoms. The highest BCUT2D eigenvalue weighted by Gasteiger charge is 2.36. The van der Waals surface area contributed by atoms with Crippen LogP contribution in [0.4, 0.5) is 13.6 Å². The summed E-state index contributed by atoms with van der Waals surface area (Å²) in [6.45, 7) is 1.69. The maximum Gasteiger partial charge on any atom is 0.410 e. The molecule has 2 heterocycles. The molecule has 4 amide bonds. The van der Waals surface area contributed by atoms with Gasteiger partial charge in [0.15, 0.2) is 0 Å². The number of nitrogens with zero attached hydrogens (tertiary/aromatic N) is 5. The van der Waals surface area contributed by atoms with E-state index in [1.807, 2.05) is 35.2 Å². The highest BCUT2D eigenvalue weighted by atomic mass is 19.3. The molecule has 0 radical (unpaired) electrons. The van der Waals surface area contributed by atoms with Crippen LogP contribution in [0, 0.1) is 0 Å². The summed E-state index contributed by atoms with van der Waals surface area (Å²) >= 11 is 0. The topological polar surface area (TPSA) is 93.7 Å². The van der Waals surface area contributed by atoms with E-state index in [0.717, 1.165) is 29.7 Å². The van der Waals surface area contributed by atoms with E-state index >= 15 is 0 Å². The molecule has 1 atom stereocenters. The average molecular weight is 580 g/mol. The van der Waals surface area contributed by atoms with E-state index in [4.69, 9.17) is 4.74 Å². The summed E-state index contributed by atoms with van der Waals surface area (Å²) in [5, 5.41) is 0. The van der Waals surface area contributed by atoms with Crippen molar-refractivity contribution in [2.24, 2.45) is 0 Å². The van der Waals surface area contributed by atoms with Crippen LogP contribution in [-0.4, -0.2) is 127 Å². The summed E-state index contributed by atoms with van der Waals surface area (Å²) in [6.07, 6.45) is 1.96. The van der Waals surface area contributed by atoms with E-state index in [-0.39, 0.29) is 58.0 Å². The Morgan fingerprint density at radius 3 is 2.17 bits per heavy atom. The quantitative estimate of drug-likeness (QED) is 0.400. The third-order valence-electron chi connectivity index (χ3n) is 7.80. The number of likely N-dealkylation sites (tertiary alicyclic amines) is 2. The van der Waals surface area contributed by atoms with Crippen LogP contribution in [0.2, 0.25) is 0 Å². The fourth-order valence-electron chi connectivity index (χ4n) is 5.05. The Morgan fingerprint density at radius 1 is 0.902 bits per heavy atom. The standard InChI is InChI=1S/C29H43F2N5O5/c1-32(21-26(38)36-15-8-5-9-16-36)27(39)24(12-17-35-18-13-29(30,31)14-19-35)34(3)25(37)20-33(2)28(40)41-22-23-10-6-4-7-11-23/h4,6-7,10-11,24H,5,8-9,12-22H2,1-3H3/t24-/m0/s1. The van der Waals surface area contributed by atoms with E-state index in [1.165, 1.54) is 30.9 Å². The first-order valence-corrected chi connectivity index (χ1v) is 14.3. The normalized spacial score (nSPS) is 17.8. The van der Waals surface area contributed by atoms with E-state index in [2.05, 4.69) is 0 Å². The Morgan fingerprint density at radius 2 is 1.54 bits per heavy atom. The molecule has 0 saturated carbocycles. The van der Waals surface area contributed by atoms with E-state index in [9.17, 15) is 28.0 Å². The van der Waals surface area contributed by atoms with Crippen molar-refractivity contribution in [3.63, 3.8) is 0 Å². The second kappa shape index (κ2) is 15.1. The molecular weight excluding hydrogens is 536 g/mol. The van der Waals surface area contributed by atoms with Gasteiger partial charge in [-0.1, -0.05) is 30.3 Å². The Hall–Kier alpha value is -3.28. The number of alkyl halides is 2. The lowest BCUT2D eigenvalue weighted by atomic mass is 10.0. The van der Waals surface area contributed by atoms with Crippen LogP contribution in [0.25, 0.3) is 0 Å². The Labute approximate surface area is 241 Å². The van der Waals surface area contributed by atoms with Crippen molar-refractivity contribution in [3.05, 3.63) is 35.9 Å². The molecule has 2 fully saturated rings. The largest absolute Gasteiger partial charge is 0.445 e. The van der Waals surface area contributed by atoms with Gasteiger partial charge in [-0.2, -0.15) is 0 Å². The molecule has 2 aliphatic heterocycles. The number of carbonyl (C=O) groups is 4. The van der Waals surface area contributed by atoms with Crippen LogP contribution in [0.1, 0.15) is 44.1 Å². The van der Waals surface area contributed by atoms with Gasteiger partial charge >= 0.3 is 6.09 Å². The number of carbonyl (C=O) groups excluding carboxylic acids is 4. The van der Waals surface area contributed by atoms with Crippen LogP contribution in [0.5, 0.6) is 0 Å². The molecule has 2 aliphatic rings. The molecule has 3 rings (SSSR count). The smallest absolute Gasteiger partial charge is 0.410 e. The highest BCUT2D eigenvalue weighted by Crippen LogP contribution is 2.28. The molecule has 0 bridgehead atoms. The number of rotatable bonds is 11. The van der Waals surface area contributed by atoms with Crippen molar-refractivity contribution >= 4 is 23.8 Å². The van der Waals surface area contributed by atoms with E-state index in [1.54, 1.807) is 4.90 Å². The zero-order valence-electron chi connectivity index (χ0n) is 24.4. The lowest BCUT2D eigenvalue weighted by molar-refractivity contribution is -0.147. The second-order valence-corrected chi connectivity index (χ2v) is 11.0. The van der Waals surface area contributed by atoms with Gasteiger partial charge in [0.1, 0.15) is 19.2 Å². The summed E-state index contributed by atoms with van der Waals surface area (Å²) < 4.78 is 32.6. The van der Waals surface area contributed by atoms with Crippen LogP contribution in [0.3, 0.4) is 0 Å². The first kappa shape index (κ1) is 32.2. The fourth-order valence-corrected chi connectivity index (χ4v) is 5.05. The van der Waals surface area contributed by atoms with Crippen molar-refractivity contribution in [2.75, 3.05) is 67.0 Å². The van der Waals surface area contributed by atoms with E-state index < -0.39 is 29.9 Å². The van der Waals surface area contributed by atoms with Gasteiger partial charge < -0.3 is 29.2 Å². The molecule has 0 aromatic heterocycles. The second-order valence-electron chi connectivity index (χ2n) is 11.0. The number of benzene rings is 1. The Balaban J connectivity index is 1.62. The molecule has 228 valence electrons. The molecule has 0 spiro atoms. The minimum absolute atomic E-state index is 0.0554. The van der Waals surface area contributed by atoms with Crippen LogP contribution in [0.15, 0.2) is 30.3 Å². The molecule has 0 aliphatic carbocycles. The lowest BCUT2D eigenvalue weighted by Crippen LogP contribution is -2.54. The number of piperidine rings is 2. The summed E-state index contributed by atoms with van der Waals surface area (Å²) in [5.74, 6) is -3.73. The third kappa shape index (κ3) is 9.94. The summed E-state index contributed by atoms with van der Waals surface area (Å²) in [7, 11) is 4.45. The average Bonchev–Trinajstić information content (AvgIpc) is 2.97. The summed E-state index contributed by atoms with van der Waals surface area (Å²) in [5.41, 5.74) is 0.806. The van der Waals surface area contributed by atoms with Gasteiger partial charge in [0, 0.05) is 66.7 Å². The maximum absolute atomic E-state index is 13.6. The first-order valence-electron chi connectivity index (χ1n) is 14.3. The van der Waals surface area contributed by atoms with Gasteiger partial charge in [-0.15, -0.1) is 0 Å². The van der Waals surface area contributed by atoms with Gasteiger partial charge in [0.05, 0.1) is 6.54 Å². The van der Waals surface area contributed by atoms with Crippen molar-refractivity contribution in [2.45, 2.75) is 57.1 Å². The molecule has 1 aromatic carbocycles. The molecule has 10 nitrogen and oxygen atoms in total. The van der Waals surface area contributed by atoms with Crippen molar-refractivity contribution < 1.29 is 32.7 Å². The predicted molar refractivity (Wildman–Crippen MR) is 149 cm³/mol. The van der Waals surface area contributed by atoms with Crippen molar-refractivity contribution in [1.29, 1.82) is 0 Å². The Bertz CT molecular complexity index is 1030. The summed E-state index contributed by atoms with van der Waals surface area (Å²) in [6, 6.07) is 8.21. The minimum atomic E-state index is -2.69. The van der Waals surface area contributed by atoms with E-state index in [0.29, 0.717) is 19.6 Å². The van der Waals surface area contributed by atoms with Crippen LogP contribution in [-0.2, 0) is 25.7 Å². The van der Waals surface area contributed by atoms with Gasteiger partial charge in [-0.3, -0.25) is 14.4 Å². The van der Waals surface area contributed by atoms with Gasteiger partial charge in [0.25, 0.3) is 5.92 Å². The van der Waals surface area contributed by atoms with Crippen molar-refractivity contribution in [1.82, 2.24) is 24.5 Å². The van der Waals surface area contributed by atoms with Crippen molar-refractivity contribution in [3.8, 4) is 0 Å². The number of amides is 4. The predicted octanol–water partition coefficient (Wildman–Crippen LogP) is 2.67. The van der Waals surface area contributed by atoms with Crippen LogP contribution >= 0.6 is 0 Å². The van der Waals surface area contributed by atoms with Gasteiger partial charge in [0.2, 0.25) is 17.7 Å². The minimum Gasteiger partial charge on any atom is -0.445 e. The third-order valence-corrected chi connectivity index (χ3v) is 7.80. The molecule has 12 heteroatoms. The number of ether oxygens (including phenoxy) is 1. The molecule has 1 aromatic rings. The van der Waals surface area contributed by atoms with Crippen LogP contribution < -0.4 is 0 Å².